The van der Waals surface area contributed by atoms with Crippen LogP contribution in [0, 0.1) is 0 Å². The zero-order valence-electron chi connectivity index (χ0n) is 12.1. The van der Waals surface area contributed by atoms with Gasteiger partial charge in [-0.25, -0.2) is 0 Å². The zero-order valence-corrected chi connectivity index (χ0v) is 12.1. The summed E-state index contributed by atoms with van der Waals surface area (Å²) in [5, 5.41) is 2.51. The third-order valence-corrected chi connectivity index (χ3v) is 3.93. The van der Waals surface area contributed by atoms with Crippen molar-refractivity contribution in [1.29, 1.82) is 0 Å². The van der Waals surface area contributed by atoms with Gasteiger partial charge in [0.2, 0.25) is 0 Å². The molecule has 0 aliphatic carbocycles. The standard InChI is InChI=1S/C21H15N/c1-2-9-17(10-3-1)21-20(14-7-15-22-21)19-13-6-11-16-8-4-5-12-18(16)19/h1-15H. The summed E-state index contributed by atoms with van der Waals surface area (Å²) in [7, 11) is 0. The Kier molecular flexibility index (Phi) is 3.17. The molecule has 0 radical (unpaired) electrons. The molecule has 0 atom stereocenters. The van der Waals surface area contributed by atoms with Crippen molar-refractivity contribution in [3.63, 3.8) is 0 Å². The van der Waals surface area contributed by atoms with Crippen molar-refractivity contribution in [2.24, 2.45) is 0 Å². The molecule has 0 saturated carbocycles. The van der Waals surface area contributed by atoms with Crippen LogP contribution in [0.2, 0.25) is 0 Å². The lowest BCUT2D eigenvalue weighted by atomic mass is 9.95. The van der Waals surface area contributed by atoms with Crippen molar-refractivity contribution in [1.82, 2.24) is 4.98 Å². The number of benzene rings is 3. The van der Waals surface area contributed by atoms with Gasteiger partial charge in [-0.15, -0.1) is 0 Å². The Hall–Kier alpha value is -2.93. The Morgan fingerprint density at radius 1 is 0.545 bits per heavy atom. The summed E-state index contributed by atoms with van der Waals surface area (Å²) in [6, 6.07) is 29.4. The van der Waals surface area contributed by atoms with Crippen molar-refractivity contribution < 1.29 is 0 Å². The highest BCUT2D eigenvalue weighted by molar-refractivity contribution is 5.99. The molecule has 4 aromatic rings. The molecule has 0 fully saturated rings. The summed E-state index contributed by atoms with van der Waals surface area (Å²) in [4.78, 5) is 4.63. The van der Waals surface area contributed by atoms with Gasteiger partial charge in [-0.05, 0) is 22.4 Å². The van der Waals surface area contributed by atoms with Gasteiger partial charge >= 0.3 is 0 Å². The van der Waals surface area contributed by atoms with Gasteiger partial charge in [0.15, 0.2) is 0 Å². The van der Waals surface area contributed by atoms with Crippen LogP contribution in [0.4, 0.5) is 0 Å². The third-order valence-electron chi connectivity index (χ3n) is 3.93. The lowest BCUT2D eigenvalue weighted by Crippen LogP contribution is -1.89. The van der Waals surface area contributed by atoms with E-state index in [9.17, 15) is 0 Å². The molecule has 0 saturated heterocycles. The number of aromatic nitrogens is 1. The number of pyridine rings is 1. The van der Waals surface area contributed by atoms with Crippen LogP contribution < -0.4 is 0 Å². The monoisotopic (exact) mass is 281 g/mol. The summed E-state index contributed by atoms with van der Waals surface area (Å²) in [6.45, 7) is 0. The summed E-state index contributed by atoms with van der Waals surface area (Å²) >= 11 is 0. The van der Waals surface area contributed by atoms with E-state index in [1.807, 2.05) is 18.3 Å². The van der Waals surface area contributed by atoms with Gasteiger partial charge in [-0.3, -0.25) is 4.98 Å². The molecule has 0 amide bonds. The number of fused-ring (bicyclic) bond motifs is 1. The lowest BCUT2D eigenvalue weighted by molar-refractivity contribution is 1.33. The van der Waals surface area contributed by atoms with Crippen LogP contribution >= 0.6 is 0 Å². The smallest absolute Gasteiger partial charge is 0.0780 e. The maximum atomic E-state index is 4.63. The first-order valence-corrected chi connectivity index (χ1v) is 7.42. The van der Waals surface area contributed by atoms with Crippen LogP contribution in [-0.4, -0.2) is 4.98 Å². The second kappa shape index (κ2) is 5.45. The predicted octanol–water partition coefficient (Wildman–Crippen LogP) is 5.57. The summed E-state index contributed by atoms with van der Waals surface area (Å²) in [6.07, 6.45) is 1.86. The Morgan fingerprint density at radius 2 is 1.27 bits per heavy atom. The molecule has 22 heavy (non-hydrogen) atoms. The SMILES string of the molecule is c1ccc(-c2ncccc2-c2cccc3ccccc23)cc1. The minimum atomic E-state index is 1.03. The number of rotatable bonds is 2. The molecule has 104 valence electrons. The van der Waals surface area contributed by atoms with Gasteiger partial charge < -0.3 is 0 Å². The Morgan fingerprint density at radius 3 is 2.18 bits per heavy atom. The average molecular weight is 281 g/mol. The van der Waals surface area contributed by atoms with Gasteiger partial charge in [0, 0.05) is 17.3 Å². The highest BCUT2D eigenvalue weighted by Gasteiger charge is 2.10. The van der Waals surface area contributed by atoms with Gasteiger partial charge in [0.25, 0.3) is 0 Å². The second-order valence-electron chi connectivity index (χ2n) is 5.29. The quantitative estimate of drug-likeness (QED) is 0.468. The minimum Gasteiger partial charge on any atom is -0.256 e. The van der Waals surface area contributed by atoms with E-state index in [0.717, 1.165) is 11.3 Å². The van der Waals surface area contributed by atoms with Crippen LogP contribution in [0.15, 0.2) is 91.1 Å². The normalized spacial score (nSPS) is 10.7. The van der Waals surface area contributed by atoms with Gasteiger partial charge in [-0.1, -0.05) is 78.9 Å². The van der Waals surface area contributed by atoms with Crippen molar-refractivity contribution in [3.8, 4) is 22.4 Å². The maximum absolute atomic E-state index is 4.63. The molecular weight excluding hydrogens is 266 g/mol. The van der Waals surface area contributed by atoms with Gasteiger partial charge in [0.1, 0.15) is 0 Å². The van der Waals surface area contributed by atoms with Crippen LogP contribution in [-0.2, 0) is 0 Å². The van der Waals surface area contributed by atoms with Crippen LogP contribution in [0.1, 0.15) is 0 Å². The van der Waals surface area contributed by atoms with Crippen molar-refractivity contribution >= 4 is 10.8 Å². The number of hydrogen-bond acceptors (Lipinski definition) is 1. The Labute approximate surface area is 129 Å². The molecule has 0 aliphatic heterocycles. The first-order chi connectivity index (χ1) is 10.9. The first-order valence-electron chi connectivity index (χ1n) is 7.42. The van der Waals surface area contributed by atoms with Crippen molar-refractivity contribution in [2.75, 3.05) is 0 Å². The Bertz CT molecular complexity index is 921. The van der Waals surface area contributed by atoms with Crippen molar-refractivity contribution in [3.05, 3.63) is 91.1 Å². The highest BCUT2D eigenvalue weighted by atomic mass is 14.7. The van der Waals surface area contributed by atoms with Crippen molar-refractivity contribution in [2.45, 2.75) is 0 Å². The largest absolute Gasteiger partial charge is 0.256 e. The fourth-order valence-corrected chi connectivity index (χ4v) is 2.91. The maximum Gasteiger partial charge on any atom is 0.0780 e. The second-order valence-corrected chi connectivity index (χ2v) is 5.29. The minimum absolute atomic E-state index is 1.03. The van der Waals surface area contributed by atoms with E-state index in [-0.39, 0.29) is 0 Å². The molecule has 0 bridgehead atoms. The Balaban J connectivity index is 2.01. The molecule has 1 aromatic heterocycles. The van der Waals surface area contributed by atoms with Gasteiger partial charge in [-0.2, -0.15) is 0 Å². The summed E-state index contributed by atoms with van der Waals surface area (Å²) in [5.41, 5.74) is 4.57. The fraction of sp³-hybridized carbons (Fsp3) is 0. The highest BCUT2D eigenvalue weighted by Crippen LogP contribution is 2.34. The molecule has 0 N–H and O–H groups in total. The zero-order chi connectivity index (χ0) is 14.8. The fourth-order valence-electron chi connectivity index (χ4n) is 2.91. The molecule has 1 heteroatoms. The van der Waals surface area contributed by atoms with E-state index >= 15 is 0 Å². The number of hydrogen-bond donors (Lipinski definition) is 0. The van der Waals surface area contributed by atoms with E-state index in [0.29, 0.717) is 0 Å². The molecule has 4 rings (SSSR count). The van der Waals surface area contributed by atoms with Gasteiger partial charge in [0.05, 0.1) is 5.69 Å². The average Bonchev–Trinajstić information content (AvgIpc) is 2.62. The molecule has 0 aliphatic rings. The van der Waals surface area contributed by atoms with E-state index in [4.69, 9.17) is 0 Å². The first kappa shape index (κ1) is 12.8. The lowest BCUT2D eigenvalue weighted by Gasteiger charge is -2.11. The summed E-state index contributed by atoms with van der Waals surface area (Å²) < 4.78 is 0. The molecule has 0 unspecified atom stereocenters. The van der Waals surface area contributed by atoms with E-state index in [2.05, 4.69) is 77.8 Å². The number of nitrogens with zero attached hydrogens (tertiary/aromatic N) is 1. The summed E-state index contributed by atoms with van der Waals surface area (Å²) in [5.74, 6) is 0. The topological polar surface area (TPSA) is 12.9 Å². The molecule has 0 spiro atoms. The molecular formula is C21H15N. The van der Waals surface area contributed by atoms with E-state index < -0.39 is 0 Å². The molecule has 3 aromatic carbocycles. The third kappa shape index (κ3) is 2.17. The van der Waals surface area contributed by atoms with E-state index in [1.54, 1.807) is 0 Å². The molecule has 1 heterocycles. The van der Waals surface area contributed by atoms with Crippen LogP contribution in [0.25, 0.3) is 33.2 Å². The van der Waals surface area contributed by atoms with Crippen LogP contribution in [0.3, 0.4) is 0 Å². The predicted molar refractivity (Wildman–Crippen MR) is 92.6 cm³/mol. The molecule has 1 nitrogen and oxygen atoms in total. The van der Waals surface area contributed by atoms with Crippen LogP contribution in [0.5, 0.6) is 0 Å². The van der Waals surface area contributed by atoms with E-state index in [1.165, 1.54) is 21.9 Å².